The molecule has 0 bridgehead atoms. The van der Waals surface area contributed by atoms with E-state index < -0.39 is 0 Å². The predicted octanol–water partition coefficient (Wildman–Crippen LogP) is 1.01. The topological polar surface area (TPSA) is 52.5 Å². The summed E-state index contributed by atoms with van der Waals surface area (Å²) in [6, 6.07) is 1.71. The second-order valence-corrected chi connectivity index (χ2v) is 3.11. The van der Waals surface area contributed by atoms with E-state index in [1.807, 2.05) is 0 Å². The molecule has 1 aromatic rings. The fourth-order valence-electron chi connectivity index (χ4n) is 1.54. The van der Waals surface area contributed by atoms with Gasteiger partial charge in [-0.1, -0.05) is 0 Å². The normalized spacial score (nSPS) is 14.8. The minimum Gasteiger partial charge on any atom is -0.508 e. The van der Waals surface area contributed by atoms with Gasteiger partial charge in [0.15, 0.2) is 0 Å². The van der Waals surface area contributed by atoms with Gasteiger partial charge in [-0.25, -0.2) is 0 Å². The molecular formula is C9H11NO2. The summed E-state index contributed by atoms with van der Waals surface area (Å²) in [4.78, 5) is 0. The number of nitrogens with one attached hydrogen (secondary N) is 1. The van der Waals surface area contributed by atoms with Gasteiger partial charge in [-0.05, 0) is 18.6 Å². The lowest BCUT2D eigenvalue weighted by Crippen LogP contribution is -2.00. The molecule has 1 aliphatic rings. The number of fused-ring (bicyclic) bond motifs is 1. The maximum absolute atomic E-state index is 9.60. The summed E-state index contributed by atoms with van der Waals surface area (Å²) in [5, 5.41) is 22.1. The van der Waals surface area contributed by atoms with Gasteiger partial charge >= 0.3 is 0 Å². The van der Waals surface area contributed by atoms with E-state index in [-0.39, 0.29) is 11.5 Å². The number of phenolic OH excluding ortho intramolecular Hbond substituents is 2. The Morgan fingerprint density at radius 2 is 2.08 bits per heavy atom. The van der Waals surface area contributed by atoms with Gasteiger partial charge in [-0.2, -0.15) is 0 Å². The van der Waals surface area contributed by atoms with Crippen molar-refractivity contribution in [1.29, 1.82) is 0 Å². The van der Waals surface area contributed by atoms with Crippen LogP contribution in [-0.2, 0) is 13.1 Å². The molecule has 1 aliphatic heterocycles. The molecule has 0 radical (unpaired) electrons. The first-order chi connectivity index (χ1) is 5.70. The highest BCUT2D eigenvalue weighted by atomic mass is 16.3. The zero-order chi connectivity index (χ0) is 8.72. The van der Waals surface area contributed by atoms with Crippen LogP contribution in [0.15, 0.2) is 6.07 Å². The molecule has 0 unspecified atom stereocenters. The molecule has 3 N–H and O–H groups in total. The minimum atomic E-state index is 0.176. The van der Waals surface area contributed by atoms with Crippen molar-refractivity contribution in [3.8, 4) is 11.5 Å². The molecular weight excluding hydrogens is 154 g/mol. The second-order valence-electron chi connectivity index (χ2n) is 3.11. The highest BCUT2D eigenvalue weighted by molar-refractivity contribution is 5.53. The summed E-state index contributed by atoms with van der Waals surface area (Å²) >= 11 is 0. The van der Waals surface area contributed by atoms with E-state index in [0.717, 1.165) is 17.7 Å². The molecule has 1 aromatic carbocycles. The third-order valence-corrected chi connectivity index (χ3v) is 2.34. The summed E-state index contributed by atoms with van der Waals surface area (Å²) in [5.41, 5.74) is 2.48. The molecule has 0 aliphatic carbocycles. The monoisotopic (exact) mass is 165 g/mol. The van der Waals surface area contributed by atoms with Crippen LogP contribution < -0.4 is 5.32 Å². The SMILES string of the molecule is Cc1c(O)cc2c(c1O)CNC2. The zero-order valence-corrected chi connectivity index (χ0v) is 6.89. The van der Waals surface area contributed by atoms with Crippen molar-refractivity contribution in [2.45, 2.75) is 20.0 Å². The molecule has 2 rings (SSSR count). The first kappa shape index (κ1) is 7.43. The lowest BCUT2D eigenvalue weighted by molar-refractivity contribution is 0.439. The molecule has 64 valence electrons. The molecule has 3 nitrogen and oxygen atoms in total. The minimum absolute atomic E-state index is 0.176. The van der Waals surface area contributed by atoms with Crippen LogP contribution >= 0.6 is 0 Å². The average molecular weight is 165 g/mol. The van der Waals surface area contributed by atoms with Gasteiger partial charge in [-0.15, -0.1) is 0 Å². The highest BCUT2D eigenvalue weighted by Crippen LogP contribution is 2.34. The molecule has 0 saturated heterocycles. The van der Waals surface area contributed by atoms with Gasteiger partial charge in [0.1, 0.15) is 11.5 Å². The number of aromatic hydroxyl groups is 2. The first-order valence-corrected chi connectivity index (χ1v) is 3.94. The fourth-order valence-corrected chi connectivity index (χ4v) is 1.54. The number of hydrogen-bond donors (Lipinski definition) is 3. The number of hydrogen-bond acceptors (Lipinski definition) is 3. The zero-order valence-electron chi connectivity index (χ0n) is 6.89. The van der Waals surface area contributed by atoms with E-state index in [9.17, 15) is 10.2 Å². The Morgan fingerprint density at radius 1 is 1.33 bits per heavy atom. The fraction of sp³-hybridized carbons (Fsp3) is 0.333. The second kappa shape index (κ2) is 2.38. The first-order valence-electron chi connectivity index (χ1n) is 3.94. The lowest BCUT2D eigenvalue weighted by atomic mass is 10.0. The van der Waals surface area contributed by atoms with Crippen molar-refractivity contribution in [3.63, 3.8) is 0 Å². The van der Waals surface area contributed by atoms with Gasteiger partial charge in [0.25, 0.3) is 0 Å². The Kier molecular flexibility index (Phi) is 1.48. The molecule has 3 heteroatoms. The largest absolute Gasteiger partial charge is 0.508 e. The van der Waals surface area contributed by atoms with Gasteiger partial charge in [0, 0.05) is 24.2 Å². The highest BCUT2D eigenvalue weighted by Gasteiger charge is 2.17. The Labute approximate surface area is 70.7 Å². The van der Waals surface area contributed by atoms with E-state index in [2.05, 4.69) is 5.32 Å². The quantitative estimate of drug-likeness (QED) is 0.537. The van der Waals surface area contributed by atoms with Gasteiger partial charge in [0.2, 0.25) is 0 Å². The van der Waals surface area contributed by atoms with E-state index in [1.165, 1.54) is 0 Å². The van der Waals surface area contributed by atoms with E-state index >= 15 is 0 Å². The summed E-state index contributed by atoms with van der Waals surface area (Å²) in [5.74, 6) is 0.407. The van der Waals surface area contributed by atoms with Gasteiger partial charge < -0.3 is 15.5 Å². The van der Waals surface area contributed by atoms with E-state index in [4.69, 9.17) is 0 Å². The number of rotatable bonds is 0. The van der Waals surface area contributed by atoms with Crippen LogP contribution in [0.2, 0.25) is 0 Å². The molecule has 12 heavy (non-hydrogen) atoms. The maximum Gasteiger partial charge on any atom is 0.126 e. The third kappa shape index (κ3) is 0.865. The molecule has 0 amide bonds. The van der Waals surface area contributed by atoms with Crippen molar-refractivity contribution < 1.29 is 10.2 Å². The molecule has 0 aromatic heterocycles. The Balaban J connectivity index is 2.67. The van der Waals surface area contributed by atoms with Crippen LogP contribution in [0.5, 0.6) is 11.5 Å². The Hall–Kier alpha value is -1.22. The molecule has 0 saturated carbocycles. The van der Waals surface area contributed by atoms with Crippen LogP contribution in [-0.4, -0.2) is 10.2 Å². The van der Waals surface area contributed by atoms with Crippen LogP contribution in [0, 0.1) is 6.92 Å². The summed E-state index contributed by atoms with van der Waals surface area (Å²) < 4.78 is 0. The Morgan fingerprint density at radius 3 is 2.83 bits per heavy atom. The van der Waals surface area contributed by atoms with Crippen molar-refractivity contribution >= 4 is 0 Å². The lowest BCUT2D eigenvalue weighted by Gasteiger charge is -2.06. The van der Waals surface area contributed by atoms with Crippen molar-refractivity contribution in [2.24, 2.45) is 0 Å². The van der Waals surface area contributed by atoms with E-state index in [1.54, 1.807) is 13.0 Å². The van der Waals surface area contributed by atoms with Crippen molar-refractivity contribution in [3.05, 3.63) is 22.8 Å². The molecule has 0 atom stereocenters. The number of phenols is 2. The van der Waals surface area contributed by atoms with Crippen LogP contribution in [0.4, 0.5) is 0 Å². The smallest absolute Gasteiger partial charge is 0.126 e. The summed E-state index contributed by atoms with van der Waals surface area (Å²) in [6.45, 7) is 3.14. The Bertz CT molecular complexity index is 334. The number of benzene rings is 1. The van der Waals surface area contributed by atoms with Gasteiger partial charge in [-0.3, -0.25) is 0 Å². The summed E-state index contributed by atoms with van der Waals surface area (Å²) in [7, 11) is 0. The molecule has 0 fully saturated rings. The predicted molar refractivity (Wildman–Crippen MR) is 45.1 cm³/mol. The van der Waals surface area contributed by atoms with Gasteiger partial charge in [0.05, 0.1) is 0 Å². The van der Waals surface area contributed by atoms with Crippen LogP contribution in [0.25, 0.3) is 0 Å². The maximum atomic E-state index is 9.60. The molecule has 1 heterocycles. The standard InChI is InChI=1S/C9H11NO2/c1-5-8(11)2-6-3-10-4-7(6)9(5)12/h2,10-12H,3-4H2,1H3. The van der Waals surface area contributed by atoms with Crippen LogP contribution in [0.3, 0.4) is 0 Å². The van der Waals surface area contributed by atoms with E-state index in [0.29, 0.717) is 12.1 Å². The summed E-state index contributed by atoms with van der Waals surface area (Å²) in [6.07, 6.45) is 0. The average Bonchev–Trinajstić information content (AvgIpc) is 2.48. The van der Waals surface area contributed by atoms with Crippen molar-refractivity contribution in [2.75, 3.05) is 0 Å². The van der Waals surface area contributed by atoms with Crippen LogP contribution in [0.1, 0.15) is 16.7 Å². The molecule has 0 spiro atoms. The third-order valence-electron chi connectivity index (χ3n) is 2.34. The van der Waals surface area contributed by atoms with Crippen molar-refractivity contribution in [1.82, 2.24) is 5.32 Å².